The molecule has 0 bridgehead atoms. The fraction of sp³-hybridized carbons (Fsp3) is 0.318. The van der Waals surface area contributed by atoms with Gasteiger partial charge in [-0.05, 0) is 61.1 Å². The van der Waals surface area contributed by atoms with E-state index in [0.717, 1.165) is 23.7 Å². The molecule has 2 aromatic carbocycles. The van der Waals surface area contributed by atoms with Crippen molar-refractivity contribution in [2.24, 2.45) is 0 Å². The van der Waals surface area contributed by atoms with Crippen molar-refractivity contribution in [3.8, 4) is 5.75 Å². The molecule has 2 aromatic rings. The molecule has 0 aliphatic rings. The lowest BCUT2D eigenvalue weighted by Crippen LogP contribution is -2.34. The number of benzene rings is 2. The summed E-state index contributed by atoms with van der Waals surface area (Å²) in [6, 6.07) is 12.3. The van der Waals surface area contributed by atoms with Crippen molar-refractivity contribution in [2.45, 2.75) is 39.5 Å². The highest BCUT2D eigenvalue weighted by molar-refractivity contribution is 9.10. The summed E-state index contributed by atoms with van der Waals surface area (Å²) in [5.74, 6) is 0.0257. The van der Waals surface area contributed by atoms with Gasteiger partial charge in [0.05, 0.1) is 12.2 Å². The third-order valence-corrected chi connectivity index (χ3v) is 4.83. The molecular weight excluding hydrogens is 466 g/mol. The molecule has 160 valence electrons. The quantitative estimate of drug-likeness (QED) is 0.319. The van der Waals surface area contributed by atoms with Crippen molar-refractivity contribution in [3.05, 3.63) is 52.5 Å². The molecule has 0 aliphatic carbocycles. The Bertz CT molecular complexity index is 888. The van der Waals surface area contributed by atoms with Gasteiger partial charge in [0, 0.05) is 22.8 Å². The molecule has 0 aromatic heterocycles. The molecule has 30 heavy (non-hydrogen) atoms. The van der Waals surface area contributed by atoms with Crippen LogP contribution in [-0.4, -0.2) is 23.5 Å². The van der Waals surface area contributed by atoms with Crippen molar-refractivity contribution in [1.82, 2.24) is 5.32 Å². The number of unbranched alkanes of at least 4 members (excludes halogenated alkanes) is 3. The summed E-state index contributed by atoms with van der Waals surface area (Å²) >= 11 is 8.66. The van der Waals surface area contributed by atoms with Gasteiger partial charge in [0.2, 0.25) is 5.91 Å². The molecule has 0 heterocycles. The zero-order chi connectivity index (χ0) is 21.9. The first-order chi connectivity index (χ1) is 14.4. The number of rotatable bonds is 9. The van der Waals surface area contributed by atoms with Crippen LogP contribution in [0.2, 0.25) is 0 Å². The van der Waals surface area contributed by atoms with Crippen LogP contribution in [0, 0.1) is 0 Å². The number of hydrogen-bond donors (Lipinski definition) is 3. The summed E-state index contributed by atoms with van der Waals surface area (Å²) in [6.45, 7) is 4.17. The van der Waals surface area contributed by atoms with E-state index in [2.05, 4.69) is 38.8 Å². The van der Waals surface area contributed by atoms with Gasteiger partial charge in [-0.2, -0.15) is 0 Å². The van der Waals surface area contributed by atoms with E-state index in [1.807, 2.05) is 6.07 Å². The third-order valence-electron chi connectivity index (χ3n) is 4.13. The standard InChI is InChI=1S/C22H26BrN3O3S/c1-3-4-5-6-13-29-20-12-7-16(23)14-19(20)21(28)26-22(30)25-18-10-8-17(9-11-18)24-15(2)27/h7-12,14H,3-6,13H2,1-2H3,(H,24,27)(H2,25,26,28,30). The maximum absolute atomic E-state index is 12.7. The fourth-order valence-electron chi connectivity index (χ4n) is 2.69. The Balaban J connectivity index is 1.96. The van der Waals surface area contributed by atoms with Crippen LogP contribution < -0.4 is 20.7 Å². The predicted octanol–water partition coefficient (Wildman–Crippen LogP) is 5.49. The van der Waals surface area contributed by atoms with Crippen LogP contribution in [0.4, 0.5) is 11.4 Å². The Labute approximate surface area is 190 Å². The number of anilines is 2. The van der Waals surface area contributed by atoms with E-state index in [1.54, 1.807) is 36.4 Å². The maximum Gasteiger partial charge on any atom is 0.261 e. The summed E-state index contributed by atoms with van der Waals surface area (Å²) in [6.07, 6.45) is 4.37. The third kappa shape index (κ3) is 8.12. The highest BCUT2D eigenvalue weighted by Gasteiger charge is 2.15. The Hall–Kier alpha value is -2.45. The number of amides is 2. The van der Waals surface area contributed by atoms with Gasteiger partial charge < -0.3 is 15.4 Å². The van der Waals surface area contributed by atoms with Crippen LogP contribution in [0.15, 0.2) is 46.9 Å². The summed E-state index contributed by atoms with van der Waals surface area (Å²) in [7, 11) is 0. The SMILES string of the molecule is CCCCCCOc1ccc(Br)cc1C(=O)NC(=S)Nc1ccc(NC(C)=O)cc1. The summed E-state index contributed by atoms with van der Waals surface area (Å²) in [4.78, 5) is 23.8. The predicted molar refractivity (Wildman–Crippen MR) is 128 cm³/mol. The topological polar surface area (TPSA) is 79.5 Å². The highest BCUT2D eigenvalue weighted by Crippen LogP contribution is 2.24. The average molecular weight is 492 g/mol. The number of carbonyl (C=O) groups excluding carboxylic acids is 2. The molecule has 2 rings (SSSR count). The largest absolute Gasteiger partial charge is 0.493 e. The van der Waals surface area contributed by atoms with Gasteiger partial charge in [0.15, 0.2) is 5.11 Å². The summed E-state index contributed by atoms with van der Waals surface area (Å²) in [5, 5.41) is 8.50. The Morgan fingerprint density at radius 1 is 1.00 bits per heavy atom. The maximum atomic E-state index is 12.7. The van der Waals surface area contributed by atoms with Gasteiger partial charge in [0.25, 0.3) is 5.91 Å². The lowest BCUT2D eigenvalue weighted by atomic mass is 10.2. The molecule has 0 spiro atoms. The Morgan fingerprint density at radius 3 is 2.30 bits per heavy atom. The first-order valence-corrected chi connectivity index (χ1v) is 11.0. The fourth-order valence-corrected chi connectivity index (χ4v) is 3.26. The normalized spacial score (nSPS) is 10.2. The van der Waals surface area contributed by atoms with Gasteiger partial charge in [0.1, 0.15) is 5.75 Å². The van der Waals surface area contributed by atoms with Gasteiger partial charge in [-0.1, -0.05) is 42.1 Å². The molecule has 0 aliphatic heterocycles. The number of carbonyl (C=O) groups is 2. The van der Waals surface area contributed by atoms with Crippen LogP contribution in [-0.2, 0) is 4.79 Å². The molecule has 0 saturated carbocycles. The monoisotopic (exact) mass is 491 g/mol. The van der Waals surface area contributed by atoms with E-state index in [4.69, 9.17) is 17.0 Å². The lowest BCUT2D eigenvalue weighted by Gasteiger charge is -2.14. The van der Waals surface area contributed by atoms with Gasteiger partial charge in [-0.3, -0.25) is 14.9 Å². The smallest absolute Gasteiger partial charge is 0.261 e. The number of nitrogens with one attached hydrogen (secondary N) is 3. The molecular formula is C22H26BrN3O3S. The zero-order valence-electron chi connectivity index (χ0n) is 17.1. The van der Waals surface area contributed by atoms with E-state index < -0.39 is 0 Å². The van der Waals surface area contributed by atoms with E-state index in [0.29, 0.717) is 29.3 Å². The van der Waals surface area contributed by atoms with E-state index in [1.165, 1.54) is 13.3 Å². The Kier molecular flexibility index (Phi) is 9.76. The van der Waals surface area contributed by atoms with Crippen molar-refractivity contribution in [3.63, 3.8) is 0 Å². The number of hydrogen-bond acceptors (Lipinski definition) is 4. The lowest BCUT2D eigenvalue weighted by molar-refractivity contribution is -0.114. The van der Waals surface area contributed by atoms with Crippen molar-refractivity contribution >= 4 is 56.4 Å². The zero-order valence-corrected chi connectivity index (χ0v) is 19.5. The number of halogens is 1. The van der Waals surface area contributed by atoms with Crippen molar-refractivity contribution in [1.29, 1.82) is 0 Å². The van der Waals surface area contributed by atoms with E-state index in [9.17, 15) is 9.59 Å². The first kappa shape index (κ1) is 23.8. The van der Waals surface area contributed by atoms with Crippen LogP contribution in [0.25, 0.3) is 0 Å². The summed E-state index contributed by atoms with van der Waals surface area (Å²) in [5.41, 5.74) is 1.78. The molecule has 0 unspecified atom stereocenters. The highest BCUT2D eigenvalue weighted by atomic mass is 79.9. The molecule has 0 radical (unpaired) electrons. The molecule has 6 nitrogen and oxygen atoms in total. The Morgan fingerprint density at radius 2 is 1.67 bits per heavy atom. The minimum atomic E-state index is -0.354. The minimum absolute atomic E-state index is 0.143. The van der Waals surface area contributed by atoms with Gasteiger partial charge in [-0.15, -0.1) is 0 Å². The first-order valence-electron chi connectivity index (χ1n) is 9.81. The molecule has 0 atom stereocenters. The molecule has 0 saturated heterocycles. The minimum Gasteiger partial charge on any atom is -0.493 e. The van der Waals surface area contributed by atoms with Gasteiger partial charge >= 0.3 is 0 Å². The van der Waals surface area contributed by atoms with Crippen LogP contribution >= 0.6 is 28.1 Å². The second-order valence-corrected chi connectivity index (χ2v) is 8.04. The molecule has 0 fully saturated rings. The second kappa shape index (κ2) is 12.3. The molecule has 3 N–H and O–H groups in total. The number of thiocarbonyl (C=S) groups is 1. The summed E-state index contributed by atoms with van der Waals surface area (Å²) < 4.78 is 6.60. The molecule has 8 heteroatoms. The van der Waals surface area contributed by atoms with E-state index >= 15 is 0 Å². The van der Waals surface area contributed by atoms with Crippen molar-refractivity contribution < 1.29 is 14.3 Å². The molecule has 2 amide bonds. The average Bonchev–Trinajstić information content (AvgIpc) is 2.69. The number of ether oxygens (including phenoxy) is 1. The van der Waals surface area contributed by atoms with Crippen molar-refractivity contribution in [2.75, 3.05) is 17.2 Å². The van der Waals surface area contributed by atoms with Crippen LogP contribution in [0.3, 0.4) is 0 Å². The van der Waals surface area contributed by atoms with E-state index in [-0.39, 0.29) is 16.9 Å². The van der Waals surface area contributed by atoms with Crippen LogP contribution in [0.1, 0.15) is 49.9 Å². The van der Waals surface area contributed by atoms with Gasteiger partial charge in [-0.25, -0.2) is 0 Å². The second-order valence-electron chi connectivity index (χ2n) is 6.72. The van der Waals surface area contributed by atoms with Crippen LogP contribution in [0.5, 0.6) is 5.75 Å².